The van der Waals surface area contributed by atoms with Crippen molar-refractivity contribution in [2.75, 3.05) is 29.9 Å². The van der Waals surface area contributed by atoms with Gasteiger partial charge >= 0.3 is 6.09 Å². The molecule has 122 valence electrons. The van der Waals surface area contributed by atoms with Crippen molar-refractivity contribution in [3.63, 3.8) is 0 Å². The number of para-hydroxylation sites is 2. The van der Waals surface area contributed by atoms with Crippen LogP contribution in [0.25, 0.3) is 0 Å². The first-order valence-electron chi connectivity index (χ1n) is 8.08. The molecule has 2 aromatic carbocycles. The Morgan fingerprint density at radius 2 is 1.65 bits per heavy atom. The summed E-state index contributed by atoms with van der Waals surface area (Å²) in [4.78, 5) is 14.0. The van der Waals surface area contributed by atoms with Crippen molar-refractivity contribution in [1.82, 2.24) is 0 Å². The van der Waals surface area contributed by atoms with Crippen LogP contribution in [0.5, 0.6) is 0 Å². The Morgan fingerprint density at radius 3 is 2.30 bits per heavy atom. The number of anilines is 2. The molecular weight excluding hydrogens is 288 g/mol. The molecule has 0 atom stereocenters. The lowest BCUT2D eigenvalue weighted by molar-refractivity contribution is 0.159. The fourth-order valence-electron chi connectivity index (χ4n) is 2.35. The number of unbranched alkanes of at least 4 members (excludes halogenated alkanes) is 1. The molecular formula is C19H24N2O2. The average molecular weight is 312 g/mol. The summed E-state index contributed by atoms with van der Waals surface area (Å²) < 4.78 is 5.20. The van der Waals surface area contributed by atoms with Gasteiger partial charge in [-0.05, 0) is 44.0 Å². The SMILES string of the molecule is CCN(CCCCOC(=O)Nc1ccccc1)c1ccccc1. The third kappa shape index (κ3) is 6.02. The number of nitrogens with one attached hydrogen (secondary N) is 1. The summed E-state index contributed by atoms with van der Waals surface area (Å²) in [7, 11) is 0. The number of benzene rings is 2. The minimum Gasteiger partial charge on any atom is -0.449 e. The maximum atomic E-state index is 11.6. The summed E-state index contributed by atoms with van der Waals surface area (Å²) in [6.07, 6.45) is 1.44. The molecule has 23 heavy (non-hydrogen) atoms. The number of hydrogen-bond donors (Lipinski definition) is 1. The lowest BCUT2D eigenvalue weighted by atomic mass is 10.2. The van der Waals surface area contributed by atoms with E-state index >= 15 is 0 Å². The van der Waals surface area contributed by atoms with E-state index in [0.717, 1.165) is 31.6 Å². The molecule has 0 saturated heterocycles. The largest absolute Gasteiger partial charge is 0.449 e. The smallest absolute Gasteiger partial charge is 0.411 e. The fraction of sp³-hybridized carbons (Fsp3) is 0.316. The molecule has 0 aliphatic heterocycles. The number of rotatable bonds is 8. The summed E-state index contributed by atoms with van der Waals surface area (Å²) in [6, 6.07) is 19.7. The van der Waals surface area contributed by atoms with Crippen molar-refractivity contribution in [2.24, 2.45) is 0 Å². The molecule has 4 nitrogen and oxygen atoms in total. The van der Waals surface area contributed by atoms with Gasteiger partial charge in [-0.15, -0.1) is 0 Å². The second kappa shape index (κ2) is 9.51. The molecule has 2 rings (SSSR count). The van der Waals surface area contributed by atoms with Gasteiger partial charge in [0.1, 0.15) is 0 Å². The van der Waals surface area contributed by atoms with Gasteiger partial charge in [0.05, 0.1) is 6.61 Å². The van der Waals surface area contributed by atoms with Gasteiger partial charge < -0.3 is 9.64 Å². The van der Waals surface area contributed by atoms with E-state index in [1.807, 2.05) is 36.4 Å². The standard InChI is InChI=1S/C19H24N2O2/c1-2-21(18-13-7-4-8-14-18)15-9-10-16-23-19(22)20-17-11-5-3-6-12-17/h3-8,11-14H,2,9-10,15-16H2,1H3,(H,20,22). The monoisotopic (exact) mass is 312 g/mol. The molecule has 0 aromatic heterocycles. The zero-order chi connectivity index (χ0) is 16.3. The van der Waals surface area contributed by atoms with Crippen LogP contribution >= 0.6 is 0 Å². The van der Waals surface area contributed by atoms with Crippen LogP contribution in [0.4, 0.5) is 16.2 Å². The quantitative estimate of drug-likeness (QED) is 0.727. The number of amides is 1. The van der Waals surface area contributed by atoms with Crippen molar-refractivity contribution in [3.05, 3.63) is 60.7 Å². The van der Waals surface area contributed by atoms with Crippen molar-refractivity contribution in [2.45, 2.75) is 19.8 Å². The second-order valence-electron chi connectivity index (χ2n) is 5.25. The molecule has 1 amide bonds. The van der Waals surface area contributed by atoms with Crippen LogP contribution in [0.3, 0.4) is 0 Å². The molecule has 0 aliphatic rings. The second-order valence-corrected chi connectivity index (χ2v) is 5.25. The maximum absolute atomic E-state index is 11.6. The highest BCUT2D eigenvalue weighted by Crippen LogP contribution is 2.13. The van der Waals surface area contributed by atoms with E-state index in [0.29, 0.717) is 6.61 Å². The lowest BCUT2D eigenvalue weighted by Gasteiger charge is -2.22. The fourth-order valence-corrected chi connectivity index (χ4v) is 2.35. The van der Waals surface area contributed by atoms with Crippen LogP contribution in [0.1, 0.15) is 19.8 Å². The minimum atomic E-state index is -0.397. The van der Waals surface area contributed by atoms with Gasteiger partial charge in [-0.3, -0.25) is 5.32 Å². The Balaban J connectivity index is 1.62. The van der Waals surface area contributed by atoms with Crippen molar-refractivity contribution >= 4 is 17.5 Å². The number of carbonyl (C=O) groups is 1. The average Bonchev–Trinajstić information content (AvgIpc) is 2.60. The number of carbonyl (C=O) groups excluding carboxylic acids is 1. The molecule has 0 unspecified atom stereocenters. The van der Waals surface area contributed by atoms with E-state index in [-0.39, 0.29) is 0 Å². The summed E-state index contributed by atoms with van der Waals surface area (Å²) in [6.45, 7) is 4.52. The predicted octanol–water partition coefficient (Wildman–Crippen LogP) is 4.54. The first-order valence-corrected chi connectivity index (χ1v) is 8.08. The minimum absolute atomic E-state index is 0.397. The van der Waals surface area contributed by atoms with Gasteiger partial charge in [0, 0.05) is 24.5 Å². The Hall–Kier alpha value is -2.49. The summed E-state index contributed by atoms with van der Waals surface area (Å²) in [5, 5.41) is 2.71. The van der Waals surface area contributed by atoms with E-state index < -0.39 is 6.09 Å². The highest BCUT2D eigenvalue weighted by Gasteiger charge is 2.05. The Morgan fingerprint density at radius 1 is 1.00 bits per heavy atom. The first kappa shape index (κ1) is 16.9. The zero-order valence-corrected chi connectivity index (χ0v) is 13.6. The molecule has 0 radical (unpaired) electrons. The molecule has 4 heteroatoms. The van der Waals surface area contributed by atoms with E-state index in [2.05, 4.69) is 41.4 Å². The molecule has 1 N–H and O–H groups in total. The van der Waals surface area contributed by atoms with E-state index in [1.165, 1.54) is 5.69 Å². The molecule has 0 fully saturated rings. The van der Waals surface area contributed by atoms with Crippen molar-refractivity contribution in [3.8, 4) is 0 Å². The van der Waals surface area contributed by atoms with Crippen LogP contribution in [-0.4, -0.2) is 25.8 Å². The number of hydrogen-bond acceptors (Lipinski definition) is 3. The highest BCUT2D eigenvalue weighted by molar-refractivity contribution is 5.84. The van der Waals surface area contributed by atoms with Gasteiger partial charge in [0.25, 0.3) is 0 Å². The summed E-state index contributed by atoms with van der Waals surface area (Å²) in [5.74, 6) is 0. The molecule has 0 bridgehead atoms. The Kier molecular flexibility index (Phi) is 6.98. The van der Waals surface area contributed by atoms with Crippen molar-refractivity contribution in [1.29, 1.82) is 0 Å². The maximum Gasteiger partial charge on any atom is 0.411 e. The Bertz CT molecular complexity index is 572. The number of ether oxygens (including phenoxy) is 1. The lowest BCUT2D eigenvalue weighted by Crippen LogP contribution is -2.24. The topological polar surface area (TPSA) is 41.6 Å². The third-order valence-electron chi connectivity index (χ3n) is 3.58. The van der Waals surface area contributed by atoms with Crippen LogP contribution < -0.4 is 10.2 Å². The van der Waals surface area contributed by atoms with Gasteiger partial charge in [0.2, 0.25) is 0 Å². The van der Waals surface area contributed by atoms with Gasteiger partial charge in [-0.25, -0.2) is 4.79 Å². The highest BCUT2D eigenvalue weighted by atomic mass is 16.5. The predicted molar refractivity (Wildman–Crippen MR) is 95.0 cm³/mol. The summed E-state index contributed by atoms with van der Waals surface area (Å²) in [5.41, 5.74) is 1.98. The first-order chi connectivity index (χ1) is 11.3. The summed E-state index contributed by atoms with van der Waals surface area (Å²) >= 11 is 0. The van der Waals surface area contributed by atoms with Gasteiger partial charge in [-0.1, -0.05) is 36.4 Å². The van der Waals surface area contributed by atoms with Crippen LogP contribution in [0, 0.1) is 0 Å². The van der Waals surface area contributed by atoms with Gasteiger partial charge in [-0.2, -0.15) is 0 Å². The molecule has 0 spiro atoms. The number of nitrogens with zero attached hydrogens (tertiary/aromatic N) is 1. The van der Waals surface area contributed by atoms with Crippen molar-refractivity contribution < 1.29 is 9.53 Å². The van der Waals surface area contributed by atoms with Crippen LogP contribution in [0.2, 0.25) is 0 Å². The van der Waals surface area contributed by atoms with Crippen LogP contribution in [0.15, 0.2) is 60.7 Å². The molecule has 0 saturated carbocycles. The third-order valence-corrected chi connectivity index (χ3v) is 3.58. The van der Waals surface area contributed by atoms with E-state index in [1.54, 1.807) is 0 Å². The van der Waals surface area contributed by atoms with E-state index in [9.17, 15) is 4.79 Å². The van der Waals surface area contributed by atoms with Crippen LogP contribution in [-0.2, 0) is 4.74 Å². The van der Waals surface area contributed by atoms with Gasteiger partial charge in [0.15, 0.2) is 0 Å². The zero-order valence-electron chi connectivity index (χ0n) is 13.6. The molecule has 0 heterocycles. The molecule has 0 aliphatic carbocycles. The normalized spacial score (nSPS) is 10.1. The molecule has 2 aromatic rings. The Labute approximate surface area is 138 Å². The van der Waals surface area contributed by atoms with E-state index in [4.69, 9.17) is 4.74 Å².